The number of hydrogen-bond donors (Lipinski definition) is 0. The molecule has 0 spiro atoms. The van der Waals surface area contributed by atoms with E-state index in [2.05, 4.69) is 0 Å². The van der Waals surface area contributed by atoms with Gasteiger partial charge in [0.1, 0.15) is 0 Å². The predicted molar refractivity (Wildman–Crippen MR) is 71.4 cm³/mol. The van der Waals surface area contributed by atoms with Crippen LogP contribution in [-0.2, 0) is 12.4 Å². The van der Waals surface area contributed by atoms with Crippen LogP contribution >= 0.6 is 0 Å². The maximum atomic E-state index is 13.2. The van der Waals surface area contributed by atoms with Gasteiger partial charge in [0, 0.05) is 0 Å². The molecular formula is C16H12F6. The van der Waals surface area contributed by atoms with Crippen LogP contribution in [0.5, 0.6) is 0 Å². The van der Waals surface area contributed by atoms with Crippen LogP contribution in [0.2, 0.25) is 0 Å². The monoisotopic (exact) mass is 318 g/mol. The van der Waals surface area contributed by atoms with Gasteiger partial charge in [0.15, 0.2) is 0 Å². The third kappa shape index (κ3) is 3.10. The average molecular weight is 318 g/mol. The molecule has 0 fully saturated rings. The molecule has 0 aromatic heterocycles. The SMILES string of the molecule is Cc1cccc(C)c1-c1ccc(C(F)(F)F)cc1C(F)(F)F. The van der Waals surface area contributed by atoms with E-state index >= 15 is 0 Å². The van der Waals surface area contributed by atoms with Gasteiger partial charge < -0.3 is 0 Å². The van der Waals surface area contributed by atoms with E-state index in [1.54, 1.807) is 32.0 Å². The minimum absolute atomic E-state index is 0.168. The highest BCUT2D eigenvalue weighted by Crippen LogP contribution is 2.42. The fourth-order valence-corrected chi connectivity index (χ4v) is 2.41. The Labute approximate surface area is 123 Å². The van der Waals surface area contributed by atoms with Crippen molar-refractivity contribution in [2.24, 2.45) is 0 Å². The Balaban J connectivity index is 2.77. The van der Waals surface area contributed by atoms with Crippen LogP contribution in [0.25, 0.3) is 11.1 Å². The van der Waals surface area contributed by atoms with Crippen molar-refractivity contribution >= 4 is 0 Å². The lowest BCUT2D eigenvalue weighted by atomic mass is 9.91. The topological polar surface area (TPSA) is 0 Å². The van der Waals surface area contributed by atoms with E-state index < -0.39 is 23.5 Å². The molecule has 0 saturated carbocycles. The van der Waals surface area contributed by atoms with Crippen LogP contribution in [0.1, 0.15) is 22.3 Å². The molecule has 0 aliphatic rings. The van der Waals surface area contributed by atoms with E-state index in [4.69, 9.17) is 0 Å². The number of halogens is 6. The number of hydrogen-bond acceptors (Lipinski definition) is 0. The van der Waals surface area contributed by atoms with Crippen LogP contribution in [-0.4, -0.2) is 0 Å². The van der Waals surface area contributed by atoms with Crippen molar-refractivity contribution in [1.29, 1.82) is 0 Å². The Morgan fingerprint density at radius 2 is 1.27 bits per heavy atom. The molecule has 0 saturated heterocycles. The molecule has 2 aromatic rings. The van der Waals surface area contributed by atoms with Crippen LogP contribution in [0.4, 0.5) is 26.3 Å². The third-order valence-corrected chi connectivity index (χ3v) is 3.40. The fourth-order valence-electron chi connectivity index (χ4n) is 2.41. The fraction of sp³-hybridized carbons (Fsp3) is 0.250. The highest BCUT2D eigenvalue weighted by molar-refractivity contribution is 5.74. The Hall–Kier alpha value is -1.98. The molecule has 0 nitrogen and oxygen atoms in total. The first-order valence-electron chi connectivity index (χ1n) is 6.37. The maximum Gasteiger partial charge on any atom is 0.417 e. The quantitative estimate of drug-likeness (QED) is 0.565. The summed E-state index contributed by atoms with van der Waals surface area (Å²) in [5.74, 6) is 0. The summed E-state index contributed by atoms with van der Waals surface area (Å²) in [6.45, 7) is 3.25. The molecule has 0 amide bonds. The van der Waals surface area contributed by atoms with Crippen molar-refractivity contribution < 1.29 is 26.3 Å². The molecule has 0 bridgehead atoms. The lowest BCUT2D eigenvalue weighted by Crippen LogP contribution is -2.12. The zero-order valence-electron chi connectivity index (χ0n) is 11.7. The summed E-state index contributed by atoms with van der Waals surface area (Å²) in [5, 5.41) is 0. The smallest absolute Gasteiger partial charge is 0.166 e. The molecule has 0 unspecified atom stereocenters. The molecule has 22 heavy (non-hydrogen) atoms. The van der Waals surface area contributed by atoms with Gasteiger partial charge in [-0.25, -0.2) is 0 Å². The molecule has 2 aromatic carbocycles. The zero-order chi connectivity index (χ0) is 16.7. The third-order valence-electron chi connectivity index (χ3n) is 3.40. The Morgan fingerprint density at radius 3 is 1.73 bits per heavy atom. The first kappa shape index (κ1) is 16.4. The van der Waals surface area contributed by atoms with E-state index in [1.807, 2.05) is 0 Å². The molecule has 118 valence electrons. The van der Waals surface area contributed by atoms with Gasteiger partial charge in [-0.1, -0.05) is 24.3 Å². The number of alkyl halides is 6. The van der Waals surface area contributed by atoms with Crippen molar-refractivity contribution in [2.45, 2.75) is 26.2 Å². The highest BCUT2D eigenvalue weighted by atomic mass is 19.4. The minimum Gasteiger partial charge on any atom is -0.166 e. The summed E-state index contributed by atoms with van der Waals surface area (Å²) >= 11 is 0. The first-order valence-corrected chi connectivity index (χ1v) is 6.37. The van der Waals surface area contributed by atoms with Gasteiger partial charge in [0.2, 0.25) is 0 Å². The van der Waals surface area contributed by atoms with Crippen molar-refractivity contribution in [3.8, 4) is 11.1 Å². The second kappa shape index (κ2) is 5.34. The normalized spacial score (nSPS) is 12.5. The van der Waals surface area contributed by atoms with Crippen LogP contribution < -0.4 is 0 Å². The van der Waals surface area contributed by atoms with Gasteiger partial charge >= 0.3 is 12.4 Å². The maximum absolute atomic E-state index is 13.2. The zero-order valence-corrected chi connectivity index (χ0v) is 11.7. The van der Waals surface area contributed by atoms with E-state index in [1.165, 1.54) is 0 Å². The van der Waals surface area contributed by atoms with Crippen LogP contribution in [0.3, 0.4) is 0 Å². The van der Waals surface area contributed by atoms with Gasteiger partial charge in [-0.05, 0) is 48.2 Å². The minimum atomic E-state index is -4.87. The first-order chi connectivity index (χ1) is 10.0. The molecule has 0 heterocycles. The van der Waals surface area contributed by atoms with Gasteiger partial charge in [0.05, 0.1) is 11.1 Å². The van der Waals surface area contributed by atoms with Crippen LogP contribution in [0, 0.1) is 13.8 Å². The molecule has 0 aliphatic carbocycles. The molecule has 0 aliphatic heterocycles. The molecule has 2 rings (SSSR count). The number of aryl methyl sites for hydroxylation is 2. The van der Waals surface area contributed by atoms with E-state index in [9.17, 15) is 26.3 Å². The standard InChI is InChI=1S/C16H12F6/c1-9-4-3-5-10(2)14(9)12-7-6-11(15(17,18)19)8-13(12)16(20,21)22/h3-8H,1-2H3. The summed E-state index contributed by atoms with van der Waals surface area (Å²) in [4.78, 5) is 0. The molecule has 0 N–H and O–H groups in total. The lowest BCUT2D eigenvalue weighted by Gasteiger charge is -2.18. The number of rotatable bonds is 1. The molecule has 6 heteroatoms. The van der Waals surface area contributed by atoms with Crippen molar-refractivity contribution in [3.63, 3.8) is 0 Å². The van der Waals surface area contributed by atoms with Crippen LogP contribution in [0.15, 0.2) is 36.4 Å². The Morgan fingerprint density at radius 1 is 0.727 bits per heavy atom. The van der Waals surface area contributed by atoms with Crippen molar-refractivity contribution in [2.75, 3.05) is 0 Å². The second-order valence-electron chi connectivity index (χ2n) is 5.02. The Bertz CT molecular complexity index is 675. The summed E-state index contributed by atoms with van der Waals surface area (Å²) in [6, 6.07) is 6.67. The van der Waals surface area contributed by atoms with Gasteiger partial charge in [-0.3, -0.25) is 0 Å². The Kier molecular flexibility index (Phi) is 3.98. The predicted octanol–water partition coefficient (Wildman–Crippen LogP) is 6.01. The molecular weight excluding hydrogens is 306 g/mol. The lowest BCUT2D eigenvalue weighted by molar-refractivity contribution is -0.142. The van der Waals surface area contributed by atoms with E-state index in [0.717, 1.165) is 6.07 Å². The summed E-state index contributed by atoms with van der Waals surface area (Å²) < 4.78 is 77.6. The highest BCUT2D eigenvalue weighted by Gasteiger charge is 2.38. The molecule has 0 atom stereocenters. The van der Waals surface area contributed by atoms with Gasteiger partial charge in [-0.2, -0.15) is 26.3 Å². The largest absolute Gasteiger partial charge is 0.417 e. The summed E-state index contributed by atoms with van der Waals surface area (Å²) in [5.41, 5.74) is -1.37. The van der Waals surface area contributed by atoms with Crippen molar-refractivity contribution in [3.05, 3.63) is 58.7 Å². The van der Waals surface area contributed by atoms with Crippen molar-refractivity contribution in [1.82, 2.24) is 0 Å². The van der Waals surface area contributed by atoms with Gasteiger partial charge in [0.25, 0.3) is 0 Å². The van der Waals surface area contributed by atoms with Gasteiger partial charge in [-0.15, -0.1) is 0 Å². The number of benzene rings is 2. The van der Waals surface area contributed by atoms with E-state index in [-0.39, 0.29) is 11.6 Å². The summed E-state index contributed by atoms with van der Waals surface area (Å²) in [6.07, 6.45) is -9.69. The van der Waals surface area contributed by atoms with E-state index in [0.29, 0.717) is 22.8 Å². The average Bonchev–Trinajstić information content (AvgIpc) is 2.36. The molecule has 0 radical (unpaired) electrons. The second-order valence-corrected chi connectivity index (χ2v) is 5.02. The summed E-state index contributed by atoms with van der Waals surface area (Å²) in [7, 11) is 0.